The maximum atomic E-state index is 5.30. The molecule has 0 spiro atoms. The summed E-state index contributed by atoms with van der Waals surface area (Å²) in [6.45, 7) is 7.53. The summed E-state index contributed by atoms with van der Waals surface area (Å²) in [6, 6.07) is 4.26. The first-order valence-electron chi connectivity index (χ1n) is 5.80. The van der Waals surface area contributed by atoms with E-state index in [4.69, 9.17) is 4.74 Å². The highest BCUT2D eigenvalue weighted by molar-refractivity contribution is 5.57. The molecular formula is C13H20N2O. The highest BCUT2D eigenvalue weighted by Gasteiger charge is 2.16. The molecule has 0 amide bonds. The Balaban J connectivity index is 2.04. The van der Waals surface area contributed by atoms with Crippen LogP contribution >= 0.6 is 0 Å². The van der Waals surface area contributed by atoms with Crippen LogP contribution in [-0.2, 0) is 0 Å². The number of aryl methyl sites for hydroxylation is 2. The third kappa shape index (κ3) is 2.30. The molecule has 1 aromatic carbocycles. The second kappa shape index (κ2) is 4.74. The van der Waals surface area contributed by atoms with E-state index in [1.54, 1.807) is 7.11 Å². The molecule has 1 heterocycles. The van der Waals surface area contributed by atoms with E-state index >= 15 is 0 Å². The molecule has 3 nitrogen and oxygen atoms in total. The van der Waals surface area contributed by atoms with Crippen LogP contribution in [0, 0.1) is 19.8 Å². The van der Waals surface area contributed by atoms with Gasteiger partial charge in [-0.05, 0) is 37.1 Å². The zero-order chi connectivity index (χ0) is 11.5. The lowest BCUT2D eigenvalue weighted by molar-refractivity contribution is 0.365. The van der Waals surface area contributed by atoms with Gasteiger partial charge < -0.3 is 15.4 Å². The van der Waals surface area contributed by atoms with Gasteiger partial charge >= 0.3 is 0 Å². The van der Waals surface area contributed by atoms with Crippen LogP contribution in [0.1, 0.15) is 11.1 Å². The van der Waals surface area contributed by atoms with E-state index in [1.807, 2.05) is 0 Å². The molecule has 16 heavy (non-hydrogen) atoms. The van der Waals surface area contributed by atoms with Crippen molar-refractivity contribution in [1.29, 1.82) is 0 Å². The number of rotatable bonds is 4. The number of ether oxygens (including phenoxy) is 1. The lowest BCUT2D eigenvalue weighted by Crippen LogP contribution is -2.45. The van der Waals surface area contributed by atoms with Crippen molar-refractivity contribution in [3.8, 4) is 5.75 Å². The maximum Gasteiger partial charge on any atom is 0.122 e. The van der Waals surface area contributed by atoms with Crippen LogP contribution < -0.4 is 15.4 Å². The molecule has 0 bridgehead atoms. The number of methoxy groups -OCH3 is 1. The molecule has 3 heteroatoms. The Labute approximate surface area is 97.2 Å². The zero-order valence-electron chi connectivity index (χ0n) is 10.3. The normalized spacial score (nSPS) is 15.7. The molecule has 2 N–H and O–H groups in total. The summed E-state index contributed by atoms with van der Waals surface area (Å²) in [7, 11) is 1.72. The van der Waals surface area contributed by atoms with Crippen LogP contribution in [0.5, 0.6) is 5.75 Å². The summed E-state index contributed by atoms with van der Waals surface area (Å²) in [5.41, 5.74) is 3.65. The molecule has 1 saturated heterocycles. The first-order chi connectivity index (χ1) is 7.70. The lowest BCUT2D eigenvalue weighted by Gasteiger charge is -2.28. The standard InChI is InChI=1S/C13H20N2O/c1-9-5-13(16-3)10(2)4-12(9)15-8-11-6-14-7-11/h4-5,11,14-15H,6-8H2,1-3H3. The molecule has 0 unspecified atom stereocenters. The summed E-state index contributed by atoms with van der Waals surface area (Å²) >= 11 is 0. The molecule has 2 rings (SSSR count). The minimum atomic E-state index is 0.779. The molecule has 1 fully saturated rings. The van der Waals surface area contributed by atoms with Crippen molar-refractivity contribution < 1.29 is 4.74 Å². The largest absolute Gasteiger partial charge is 0.496 e. The van der Waals surface area contributed by atoms with Crippen molar-refractivity contribution in [2.45, 2.75) is 13.8 Å². The first kappa shape index (κ1) is 11.3. The van der Waals surface area contributed by atoms with E-state index in [2.05, 4.69) is 36.6 Å². The van der Waals surface area contributed by atoms with Crippen LogP contribution in [0.4, 0.5) is 5.69 Å². The highest BCUT2D eigenvalue weighted by atomic mass is 16.5. The van der Waals surface area contributed by atoms with Gasteiger partial charge in [0.05, 0.1) is 7.11 Å². The summed E-state index contributed by atoms with van der Waals surface area (Å²) < 4.78 is 5.30. The Morgan fingerprint density at radius 1 is 1.31 bits per heavy atom. The van der Waals surface area contributed by atoms with Crippen molar-refractivity contribution in [2.24, 2.45) is 5.92 Å². The Morgan fingerprint density at radius 2 is 2.06 bits per heavy atom. The van der Waals surface area contributed by atoms with Gasteiger partial charge in [0.1, 0.15) is 5.75 Å². The average Bonchev–Trinajstić information content (AvgIpc) is 2.20. The molecule has 0 aromatic heterocycles. The number of anilines is 1. The SMILES string of the molecule is COc1cc(C)c(NCC2CNC2)cc1C. The van der Waals surface area contributed by atoms with E-state index in [9.17, 15) is 0 Å². The van der Waals surface area contributed by atoms with E-state index in [0.717, 1.165) is 31.3 Å². The molecule has 0 atom stereocenters. The van der Waals surface area contributed by atoms with Crippen molar-refractivity contribution in [3.05, 3.63) is 23.3 Å². The number of nitrogens with one attached hydrogen (secondary N) is 2. The average molecular weight is 220 g/mol. The molecule has 1 aliphatic heterocycles. The van der Waals surface area contributed by atoms with Crippen molar-refractivity contribution >= 4 is 5.69 Å². The third-order valence-corrected chi connectivity index (χ3v) is 3.19. The van der Waals surface area contributed by atoms with Crippen LogP contribution in [0.2, 0.25) is 0 Å². The Bertz CT molecular complexity index is 372. The highest BCUT2D eigenvalue weighted by Crippen LogP contribution is 2.26. The molecule has 0 radical (unpaired) electrons. The van der Waals surface area contributed by atoms with Crippen molar-refractivity contribution in [1.82, 2.24) is 5.32 Å². The Kier molecular flexibility index (Phi) is 3.34. The monoisotopic (exact) mass is 220 g/mol. The fourth-order valence-electron chi connectivity index (χ4n) is 1.95. The van der Waals surface area contributed by atoms with Crippen LogP contribution in [0.25, 0.3) is 0 Å². The fourth-order valence-corrected chi connectivity index (χ4v) is 1.95. The maximum absolute atomic E-state index is 5.30. The van der Waals surface area contributed by atoms with E-state index < -0.39 is 0 Å². The smallest absolute Gasteiger partial charge is 0.122 e. The lowest BCUT2D eigenvalue weighted by atomic mass is 10.0. The Morgan fingerprint density at radius 3 is 2.62 bits per heavy atom. The van der Waals surface area contributed by atoms with E-state index in [0.29, 0.717) is 0 Å². The molecule has 88 valence electrons. The van der Waals surface area contributed by atoms with Gasteiger partial charge in [-0.15, -0.1) is 0 Å². The minimum absolute atomic E-state index is 0.779. The molecule has 0 aliphatic carbocycles. The second-order valence-electron chi connectivity index (χ2n) is 4.54. The van der Waals surface area contributed by atoms with Crippen molar-refractivity contribution in [3.63, 3.8) is 0 Å². The van der Waals surface area contributed by atoms with Gasteiger partial charge in [0.2, 0.25) is 0 Å². The van der Waals surface area contributed by atoms with Crippen LogP contribution in [0.3, 0.4) is 0 Å². The zero-order valence-corrected chi connectivity index (χ0v) is 10.3. The number of hydrogen-bond acceptors (Lipinski definition) is 3. The van der Waals surface area contributed by atoms with Gasteiger partial charge in [-0.25, -0.2) is 0 Å². The van der Waals surface area contributed by atoms with Crippen LogP contribution in [-0.4, -0.2) is 26.7 Å². The first-order valence-corrected chi connectivity index (χ1v) is 5.80. The van der Waals surface area contributed by atoms with Gasteiger partial charge in [0, 0.05) is 31.2 Å². The van der Waals surface area contributed by atoms with Crippen molar-refractivity contribution in [2.75, 3.05) is 32.1 Å². The van der Waals surface area contributed by atoms with Gasteiger partial charge in [0.15, 0.2) is 0 Å². The van der Waals surface area contributed by atoms with Crippen LogP contribution in [0.15, 0.2) is 12.1 Å². The predicted octanol–water partition coefficient (Wildman–Crippen LogP) is 1.94. The van der Waals surface area contributed by atoms with Gasteiger partial charge in [-0.2, -0.15) is 0 Å². The predicted molar refractivity (Wildman–Crippen MR) is 67.3 cm³/mol. The fraction of sp³-hybridized carbons (Fsp3) is 0.538. The molecule has 1 aromatic rings. The number of hydrogen-bond donors (Lipinski definition) is 2. The van der Waals surface area contributed by atoms with Gasteiger partial charge in [-0.3, -0.25) is 0 Å². The van der Waals surface area contributed by atoms with E-state index in [-0.39, 0.29) is 0 Å². The van der Waals surface area contributed by atoms with E-state index in [1.165, 1.54) is 16.8 Å². The van der Waals surface area contributed by atoms with Gasteiger partial charge in [-0.1, -0.05) is 0 Å². The summed E-state index contributed by atoms with van der Waals surface area (Å²) in [4.78, 5) is 0. The molecule has 1 aliphatic rings. The summed E-state index contributed by atoms with van der Waals surface area (Å²) in [5, 5.41) is 6.79. The minimum Gasteiger partial charge on any atom is -0.496 e. The summed E-state index contributed by atoms with van der Waals surface area (Å²) in [5.74, 6) is 1.75. The molecule has 0 saturated carbocycles. The quantitative estimate of drug-likeness (QED) is 0.813. The Hall–Kier alpha value is -1.22. The number of benzene rings is 1. The third-order valence-electron chi connectivity index (χ3n) is 3.19. The molecular weight excluding hydrogens is 200 g/mol. The van der Waals surface area contributed by atoms with Gasteiger partial charge in [0.25, 0.3) is 0 Å². The second-order valence-corrected chi connectivity index (χ2v) is 4.54. The summed E-state index contributed by atoms with van der Waals surface area (Å²) in [6.07, 6.45) is 0. The topological polar surface area (TPSA) is 33.3 Å².